The Morgan fingerprint density at radius 3 is 2.44 bits per heavy atom. The van der Waals surface area contributed by atoms with Crippen molar-refractivity contribution in [3.63, 3.8) is 0 Å². The van der Waals surface area contributed by atoms with Crippen molar-refractivity contribution in [1.82, 2.24) is 25.1 Å². The summed E-state index contributed by atoms with van der Waals surface area (Å²) in [4.78, 5) is 20.4. The fourth-order valence-corrected chi connectivity index (χ4v) is 4.51. The standard InChI is InChI=1S/C25H23F2N5O2/c26-21-8-17(9-22(27)24(21)33)25(34)30-10-15-1-4-20(5-2-15)32-13-18-7-16(3-6-23(18)31-32)19-11-28-14-29-12-19/h3,6-9,11-15,20,33H,1-2,4-5,10H2,(H,30,34)/t15-,20-. The lowest BCUT2D eigenvalue weighted by atomic mass is 9.86. The van der Waals surface area contributed by atoms with Gasteiger partial charge in [-0.15, -0.1) is 0 Å². The summed E-state index contributed by atoms with van der Waals surface area (Å²) < 4.78 is 29.0. The molecule has 1 amide bonds. The van der Waals surface area contributed by atoms with E-state index in [2.05, 4.69) is 27.5 Å². The molecule has 9 heteroatoms. The van der Waals surface area contributed by atoms with Gasteiger partial charge in [0.25, 0.3) is 5.91 Å². The minimum atomic E-state index is -1.15. The van der Waals surface area contributed by atoms with Crippen LogP contribution in [0.2, 0.25) is 0 Å². The van der Waals surface area contributed by atoms with Crippen molar-refractivity contribution in [3.05, 3.63) is 72.4 Å². The Hall–Kier alpha value is -3.88. The van der Waals surface area contributed by atoms with Crippen molar-refractivity contribution in [1.29, 1.82) is 0 Å². The number of benzene rings is 2. The number of rotatable bonds is 5. The van der Waals surface area contributed by atoms with Gasteiger partial charge in [-0.2, -0.15) is 5.10 Å². The number of nitrogens with zero attached hydrogens (tertiary/aromatic N) is 4. The molecule has 2 aromatic heterocycles. The molecule has 5 rings (SSSR count). The van der Waals surface area contributed by atoms with E-state index in [1.807, 2.05) is 16.8 Å². The zero-order valence-electron chi connectivity index (χ0n) is 18.3. The molecule has 2 heterocycles. The number of phenols is 1. The third-order valence-corrected chi connectivity index (χ3v) is 6.44. The van der Waals surface area contributed by atoms with Crippen LogP contribution in [0.4, 0.5) is 8.78 Å². The van der Waals surface area contributed by atoms with Gasteiger partial charge in [-0.05, 0) is 61.4 Å². The lowest BCUT2D eigenvalue weighted by Gasteiger charge is -2.28. The second-order valence-electron chi connectivity index (χ2n) is 8.68. The SMILES string of the molecule is O=C(NC[C@H]1CC[C@H](n2cc3cc(-c4cncnc4)ccc3n2)CC1)c1cc(F)c(O)c(F)c1. The lowest BCUT2D eigenvalue weighted by Crippen LogP contribution is -2.31. The van der Waals surface area contributed by atoms with Gasteiger partial charge < -0.3 is 10.4 Å². The van der Waals surface area contributed by atoms with Crippen LogP contribution in [0.1, 0.15) is 42.1 Å². The molecule has 2 aromatic carbocycles. The van der Waals surface area contributed by atoms with E-state index in [-0.39, 0.29) is 17.5 Å². The van der Waals surface area contributed by atoms with Crippen molar-refractivity contribution in [2.75, 3.05) is 6.54 Å². The number of aromatic hydroxyl groups is 1. The number of halogens is 2. The van der Waals surface area contributed by atoms with Gasteiger partial charge in [0, 0.05) is 41.6 Å². The second kappa shape index (κ2) is 9.17. The number of amides is 1. The molecule has 0 bridgehead atoms. The first-order valence-corrected chi connectivity index (χ1v) is 11.2. The van der Waals surface area contributed by atoms with E-state index >= 15 is 0 Å². The van der Waals surface area contributed by atoms with Gasteiger partial charge in [0.05, 0.1) is 11.6 Å². The fraction of sp³-hybridized carbons (Fsp3) is 0.280. The van der Waals surface area contributed by atoms with Crippen molar-refractivity contribution in [2.24, 2.45) is 5.92 Å². The summed E-state index contributed by atoms with van der Waals surface area (Å²) in [6.07, 6.45) is 10.8. The first-order valence-electron chi connectivity index (χ1n) is 11.2. The van der Waals surface area contributed by atoms with Crippen LogP contribution in [0.15, 0.2) is 55.2 Å². The Labute approximate surface area is 194 Å². The number of carbonyl (C=O) groups excluding carboxylic acids is 1. The average Bonchev–Trinajstić information content (AvgIpc) is 3.30. The molecule has 0 atom stereocenters. The summed E-state index contributed by atoms with van der Waals surface area (Å²) in [5.74, 6) is -3.66. The van der Waals surface area contributed by atoms with Crippen LogP contribution in [0.25, 0.3) is 22.0 Å². The summed E-state index contributed by atoms with van der Waals surface area (Å²) >= 11 is 0. The molecular weight excluding hydrogens is 440 g/mol. The molecule has 1 saturated carbocycles. The third kappa shape index (κ3) is 4.46. The third-order valence-electron chi connectivity index (χ3n) is 6.44. The van der Waals surface area contributed by atoms with Gasteiger partial charge >= 0.3 is 0 Å². The monoisotopic (exact) mass is 463 g/mol. The maximum Gasteiger partial charge on any atom is 0.251 e. The molecule has 0 spiro atoms. The minimum absolute atomic E-state index is 0.147. The van der Waals surface area contributed by atoms with Crippen molar-refractivity contribution < 1.29 is 18.7 Å². The number of hydrogen-bond donors (Lipinski definition) is 2. The van der Waals surface area contributed by atoms with Crippen LogP contribution in [-0.2, 0) is 0 Å². The van der Waals surface area contributed by atoms with Gasteiger partial charge in [0.2, 0.25) is 0 Å². The summed E-state index contributed by atoms with van der Waals surface area (Å²) in [6.45, 7) is 0.430. The highest BCUT2D eigenvalue weighted by molar-refractivity contribution is 5.94. The maximum absolute atomic E-state index is 13.5. The van der Waals surface area contributed by atoms with Gasteiger partial charge in [0.15, 0.2) is 17.4 Å². The number of aromatic nitrogens is 4. The molecule has 0 aliphatic heterocycles. The lowest BCUT2D eigenvalue weighted by molar-refractivity contribution is 0.0940. The van der Waals surface area contributed by atoms with Gasteiger partial charge in [-0.1, -0.05) is 6.07 Å². The van der Waals surface area contributed by atoms with Gasteiger partial charge in [0.1, 0.15) is 6.33 Å². The topological polar surface area (TPSA) is 92.9 Å². The normalized spacial score (nSPS) is 18.2. The smallest absolute Gasteiger partial charge is 0.251 e. The fourth-order valence-electron chi connectivity index (χ4n) is 4.51. The molecule has 0 saturated heterocycles. The molecule has 174 valence electrons. The van der Waals surface area contributed by atoms with E-state index in [1.165, 1.54) is 6.33 Å². The van der Waals surface area contributed by atoms with Gasteiger partial charge in [-0.25, -0.2) is 18.7 Å². The zero-order valence-corrected chi connectivity index (χ0v) is 18.3. The average molecular weight is 463 g/mol. The molecule has 0 unspecified atom stereocenters. The number of fused-ring (bicyclic) bond motifs is 1. The van der Waals surface area contributed by atoms with E-state index in [4.69, 9.17) is 5.10 Å². The maximum atomic E-state index is 13.5. The first-order chi connectivity index (χ1) is 16.5. The highest BCUT2D eigenvalue weighted by atomic mass is 19.1. The Balaban J connectivity index is 1.18. The number of hydrogen-bond acceptors (Lipinski definition) is 5. The van der Waals surface area contributed by atoms with Crippen molar-refractivity contribution in [2.45, 2.75) is 31.7 Å². The molecule has 4 aromatic rings. The van der Waals surface area contributed by atoms with Crippen LogP contribution in [-0.4, -0.2) is 37.3 Å². The molecule has 34 heavy (non-hydrogen) atoms. The molecular formula is C25H23F2N5O2. The number of nitrogens with one attached hydrogen (secondary N) is 1. The van der Waals surface area contributed by atoms with E-state index in [1.54, 1.807) is 12.4 Å². The predicted molar refractivity (Wildman–Crippen MR) is 122 cm³/mol. The van der Waals surface area contributed by atoms with Crippen LogP contribution >= 0.6 is 0 Å². The minimum Gasteiger partial charge on any atom is -0.503 e. The van der Waals surface area contributed by atoms with Crippen LogP contribution in [0, 0.1) is 17.6 Å². The van der Waals surface area contributed by atoms with Crippen molar-refractivity contribution in [3.8, 4) is 16.9 Å². The van der Waals surface area contributed by atoms with E-state index < -0.39 is 23.3 Å². The molecule has 1 aliphatic rings. The molecule has 0 radical (unpaired) electrons. The van der Waals surface area contributed by atoms with E-state index in [0.29, 0.717) is 6.54 Å². The summed E-state index contributed by atoms with van der Waals surface area (Å²) in [7, 11) is 0. The summed E-state index contributed by atoms with van der Waals surface area (Å²) in [5.41, 5.74) is 2.78. The summed E-state index contributed by atoms with van der Waals surface area (Å²) in [6, 6.07) is 8.07. The molecule has 7 nitrogen and oxygen atoms in total. The van der Waals surface area contributed by atoms with Crippen molar-refractivity contribution >= 4 is 16.8 Å². The number of phenolic OH excluding ortho intramolecular Hbond substituents is 1. The molecule has 1 aliphatic carbocycles. The number of carbonyl (C=O) groups is 1. The Morgan fingerprint density at radius 1 is 1.03 bits per heavy atom. The van der Waals surface area contributed by atoms with E-state index in [9.17, 15) is 18.7 Å². The highest BCUT2D eigenvalue weighted by Crippen LogP contribution is 2.33. The largest absolute Gasteiger partial charge is 0.503 e. The quantitative estimate of drug-likeness (QED) is 0.450. The Bertz CT molecular complexity index is 1310. The Kier molecular flexibility index (Phi) is 5.91. The first kappa shape index (κ1) is 21.9. The van der Waals surface area contributed by atoms with Crippen LogP contribution in [0.5, 0.6) is 5.75 Å². The molecule has 2 N–H and O–H groups in total. The second-order valence-corrected chi connectivity index (χ2v) is 8.68. The van der Waals surface area contributed by atoms with Gasteiger partial charge in [-0.3, -0.25) is 9.48 Å². The Morgan fingerprint density at radius 2 is 1.74 bits per heavy atom. The molecule has 1 fully saturated rings. The summed E-state index contributed by atoms with van der Waals surface area (Å²) in [5, 5.41) is 17.8. The predicted octanol–water partition coefficient (Wildman–Crippen LogP) is 4.64. The van der Waals surface area contributed by atoms with Crippen LogP contribution in [0.3, 0.4) is 0 Å². The van der Waals surface area contributed by atoms with Crippen LogP contribution < -0.4 is 5.32 Å². The zero-order chi connectivity index (χ0) is 23.7. The van der Waals surface area contributed by atoms with E-state index in [0.717, 1.165) is 59.8 Å². The highest BCUT2D eigenvalue weighted by Gasteiger charge is 2.24.